The monoisotopic (exact) mass is 241 g/mol. The first kappa shape index (κ1) is 14.9. The average molecular weight is 241 g/mol. The van der Waals surface area contributed by atoms with E-state index < -0.39 is 0 Å². The number of nitrogens with one attached hydrogen (secondary N) is 1. The van der Waals surface area contributed by atoms with Gasteiger partial charge < -0.3 is 5.32 Å². The molecule has 0 spiro atoms. The second-order valence-electron chi connectivity index (χ2n) is 5.60. The first-order valence-electron chi connectivity index (χ1n) is 7.23. The van der Waals surface area contributed by atoms with Gasteiger partial charge in [0.25, 0.3) is 0 Å². The number of nitrogens with zero attached hydrogens (tertiary/aromatic N) is 2. The van der Waals surface area contributed by atoms with E-state index in [-0.39, 0.29) is 0 Å². The number of rotatable bonds is 6. The maximum absolute atomic E-state index is 3.33. The molecule has 1 heterocycles. The SMILES string of the molecule is CCC(C)N1CCN(C(C)CC(C)NC)CC1. The Morgan fingerprint density at radius 1 is 0.941 bits per heavy atom. The van der Waals surface area contributed by atoms with Crippen LogP contribution in [0.5, 0.6) is 0 Å². The summed E-state index contributed by atoms with van der Waals surface area (Å²) in [4.78, 5) is 5.28. The Hall–Kier alpha value is -0.120. The van der Waals surface area contributed by atoms with Crippen molar-refractivity contribution in [2.24, 2.45) is 0 Å². The largest absolute Gasteiger partial charge is 0.317 e. The Labute approximate surface area is 108 Å². The average Bonchev–Trinajstić information content (AvgIpc) is 2.37. The van der Waals surface area contributed by atoms with Crippen molar-refractivity contribution in [3.8, 4) is 0 Å². The zero-order valence-electron chi connectivity index (χ0n) is 12.4. The molecule has 102 valence electrons. The smallest absolute Gasteiger partial charge is 0.0113 e. The summed E-state index contributed by atoms with van der Waals surface area (Å²) in [7, 11) is 2.05. The minimum absolute atomic E-state index is 0.623. The molecule has 0 radical (unpaired) electrons. The van der Waals surface area contributed by atoms with Gasteiger partial charge in [0.15, 0.2) is 0 Å². The zero-order chi connectivity index (χ0) is 12.8. The van der Waals surface area contributed by atoms with E-state index in [9.17, 15) is 0 Å². The lowest BCUT2D eigenvalue weighted by atomic mass is 10.1. The fourth-order valence-corrected chi connectivity index (χ4v) is 2.66. The highest BCUT2D eigenvalue weighted by atomic mass is 15.3. The minimum Gasteiger partial charge on any atom is -0.317 e. The quantitative estimate of drug-likeness (QED) is 0.765. The van der Waals surface area contributed by atoms with E-state index in [2.05, 4.69) is 49.9 Å². The van der Waals surface area contributed by atoms with Crippen LogP contribution in [0.3, 0.4) is 0 Å². The van der Waals surface area contributed by atoms with Crippen molar-refractivity contribution in [1.29, 1.82) is 0 Å². The summed E-state index contributed by atoms with van der Waals surface area (Å²) in [6, 6.07) is 2.08. The first-order chi connectivity index (χ1) is 8.08. The van der Waals surface area contributed by atoms with Crippen LogP contribution in [0.25, 0.3) is 0 Å². The molecule has 0 aromatic heterocycles. The fourth-order valence-electron chi connectivity index (χ4n) is 2.66. The molecule has 0 saturated carbocycles. The van der Waals surface area contributed by atoms with Gasteiger partial charge in [0.1, 0.15) is 0 Å². The number of piperazine rings is 1. The van der Waals surface area contributed by atoms with Crippen LogP contribution < -0.4 is 5.32 Å². The van der Waals surface area contributed by atoms with Gasteiger partial charge in [0.05, 0.1) is 0 Å². The van der Waals surface area contributed by atoms with E-state index in [0.29, 0.717) is 12.1 Å². The van der Waals surface area contributed by atoms with Crippen molar-refractivity contribution in [2.45, 2.75) is 58.7 Å². The summed E-state index contributed by atoms with van der Waals surface area (Å²) in [6.07, 6.45) is 2.52. The van der Waals surface area contributed by atoms with Crippen molar-refractivity contribution in [3.63, 3.8) is 0 Å². The minimum atomic E-state index is 0.623. The van der Waals surface area contributed by atoms with E-state index in [1.54, 1.807) is 0 Å². The van der Waals surface area contributed by atoms with E-state index >= 15 is 0 Å². The Balaban J connectivity index is 2.31. The highest BCUT2D eigenvalue weighted by Gasteiger charge is 2.23. The van der Waals surface area contributed by atoms with Crippen molar-refractivity contribution in [2.75, 3.05) is 33.2 Å². The Morgan fingerprint density at radius 3 is 1.82 bits per heavy atom. The molecule has 1 aliphatic rings. The van der Waals surface area contributed by atoms with Gasteiger partial charge in [0, 0.05) is 44.3 Å². The summed E-state index contributed by atoms with van der Waals surface area (Å²) in [6.45, 7) is 14.2. The topological polar surface area (TPSA) is 18.5 Å². The van der Waals surface area contributed by atoms with E-state index in [0.717, 1.165) is 6.04 Å². The van der Waals surface area contributed by atoms with Crippen LogP contribution in [-0.2, 0) is 0 Å². The first-order valence-corrected chi connectivity index (χ1v) is 7.23. The van der Waals surface area contributed by atoms with Gasteiger partial charge >= 0.3 is 0 Å². The maximum Gasteiger partial charge on any atom is 0.0113 e. The maximum atomic E-state index is 3.33. The Kier molecular flexibility index (Phi) is 6.45. The molecule has 0 aromatic carbocycles. The second-order valence-corrected chi connectivity index (χ2v) is 5.60. The van der Waals surface area contributed by atoms with Gasteiger partial charge in [-0.15, -0.1) is 0 Å². The summed E-state index contributed by atoms with van der Waals surface area (Å²) in [5.74, 6) is 0. The molecule has 3 heteroatoms. The van der Waals surface area contributed by atoms with E-state index in [1.165, 1.54) is 39.0 Å². The van der Waals surface area contributed by atoms with E-state index in [4.69, 9.17) is 0 Å². The highest BCUT2D eigenvalue weighted by Crippen LogP contribution is 2.13. The summed E-state index contributed by atoms with van der Waals surface area (Å²) in [5, 5.41) is 3.33. The van der Waals surface area contributed by atoms with Crippen molar-refractivity contribution < 1.29 is 0 Å². The van der Waals surface area contributed by atoms with Gasteiger partial charge in [-0.1, -0.05) is 6.92 Å². The van der Waals surface area contributed by atoms with Crippen LogP contribution in [0.1, 0.15) is 40.5 Å². The molecule has 1 rings (SSSR count). The molecule has 17 heavy (non-hydrogen) atoms. The molecule has 0 bridgehead atoms. The zero-order valence-corrected chi connectivity index (χ0v) is 12.4. The molecule has 1 N–H and O–H groups in total. The van der Waals surface area contributed by atoms with Crippen molar-refractivity contribution >= 4 is 0 Å². The summed E-state index contributed by atoms with van der Waals surface area (Å²) < 4.78 is 0. The molecule has 1 aliphatic heterocycles. The van der Waals surface area contributed by atoms with Crippen LogP contribution >= 0.6 is 0 Å². The van der Waals surface area contributed by atoms with Crippen LogP contribution in [0.4, 0.5) is 0 Å². The molecule has 3 nitrogen and oxygen atoms in total. The Morgan fingerprint density at radius 2 is 1.41 bits per heavy atom. The van der Waals surface area contributed by atoms with Crippen molar-refractivity contribution in [3.05, 3.63) is 0 Å². The lowest BCUT2D eigenvalue weighted by Crippen LogP contribution is -2.52. The normalized spacial score (nSPS) is 24.5. The van der Waals surface area contributed by atoms with Crippen LogP contribution in [-0.4, -0.2) is 61.2 Å². The summed E-state index contributed by atoms with van der Waals surface area (Å²) in [5.41, 5.74) is 0. The molecule has 3 atom stereocenters. The molecular formula is C14H31N3. The molecule has 0 amide bonds. The number of hydrogen-bond donors (Lipinski definition) is 1. The molecular weight excluding hydrogens is 210 g/mol. The Bertz CT molecular complexity index is 200. The van der Waals surface area contributed by atoms with Crippen LogP contribution in [0, 0.1) is 0 Å². The number of hydrogen-bond acceptors (Lipinski definition) is 3. The third-order valence-corrected chi connectivity index (χ3v) is 4.37. The third kappa shape index (κ3) is 4.57. The lowest BCUT2D eigenvalue weighted by molar-refractivity contribution is 0.0724. The molecule has 0 aliphatic carbocycles. The molecule has 0 aromatic rings. The van der Waals surface area contributed by atoms with Gasteiger partial charge in [0.2, 0.25) is 0 Å². The van der Waals surface area contributed by atoms with Gasteiger partial charge in [-0.25, -0.2) is 0 Å². The van der Waals surface area contributed by atoms with Crippen LogP contribution in [0.2, 0.25) is 0 Å². The third-order valence-electron chi connectivity index (χ3n) is 4.37. The molecule has 1 saturated heterocycles. The van der Waals surface area contributed by atoms with Crippen molar-refractivity contribution in [1.82, 2.24) is 15.1 Å². The van der Waals surface area contributed by atoms with Gasteiger partial charge in [-0.3, -0.25) is 9.80 Å². The fraction of sp³-hybridized carbons (Fsp3) is 1.00. The standard InChI is InChI=1S/C14H31N3/c1-6-13(3)16-7-9-17(10-8-16)14(4)11-12(2)15-5/h12-15H,6-11H2,1-5H3. The predicted molar refractivity (Wildman–Crippen MR) is 75.5 cm³/mol. The highest BCUT2D eigenvalue weighted by molar-refractivity contribution is 4.80. The van der Waals surface area contributed by atoms with Gasteiger partial charge in [-0.05, 0) is 40.7 Å². The van der Waals surface area contributed by atoms with Gasteiger partial charge in [-0.2, -0.15) is 0 Å². The summed E-state index contributed by atoms with van der Waals surface area (Å²) >= 11 is 0. The van der Waals surface area contributed by atoms with E-state index in [1.807, 2.05) is 0 Å². The molecule has 1 fully saturated rings. The predicted octanol–water partition coefficient (Wildman–Crippen LogP) is 1.79. The second kappa shape index (κ2) is 7.34. The molecule has 3 unspecified atom stereocenters. The lowest BCUT2D eigenvalue weighted by Gasteiger charge is -2.41. The van der Waals surface area contributed by atoms with Crippen LogP contribution in [0.15, 0.2) is 0 Å².